The van der Waals surface area contributed by atoms with Crippen LogP contribution in [0.3, 0.4) is 0 Å². The fourth-order valence-corrected chi connectivity index (χ4v) is 2.14. The first kappa shape index (κ1) is 16.7. The van der Waals surface area contributed by atoms with Gasteiger partial charge in [-0.25, -0.2) is 0 Å². The van der Waals surface area contributed by atoms with Gasteiger partial charge in [0.1, 0.15) is 0 Å². The molecule has 0 saturated heterocycles. The Kier molecular flexibility index (Phi) is 9.47. The minimum absolute atomic E-state index is 0.307. The van der Waals surface area contributed by atoms with E-state index < -0.39 is 0 Å². The maximum atomic E-state index is 5.51. The number of rotatable bonds is 10. The Morgan fingerprint density at radius 2 is 1.59 bits per heavy atom. The summed E-state index contributed by atoms with van der Waals surface area (Å²) in [6, 6.07) is 0. The van der Waals surface area contributed by atoms with Crippen LogP contribution in [0.15, 0.2) is 12.2 Å². The van der Waals surface area contributed by atoms with E-state index in [0.717, 1.165) is 32.1 Å². The third-order valence-electron chi connectivity index (χ3n) is 3.04. The highest BCUT2D eigenvalue weighted by atomic mass is 16.5. The lowest BCUT2D eigenvalue weighted by atomic mass is 9.96. The normalized spacial score (nSPS) is 14.9. The highest BCUT2D eigenvalue weighted by Gasteiger charge is 2.14. The van der Waals surface area contributed by atoms with Gasteiger partial charge in [-0.05, 0) is 31.6 Å². The first-order valence-electron chi connectivity index (χ1n) is 6.75. The van der Waals surface area contributed by atoms with Gasteiger partial charge in [-0.2, -0.15) is 0 Å². The molecule has 0 saturated carbocycles. The van der Waals surface area contributed by atoms with Crippen LogP contribution in [0.2, 0.25) is 0 Å². The lowest BCUT2D eigenvalue weighted by Crippen LogP contribution is -2.17. The average molecular weight is 242 g/mol. The molecule has 2 heteroatoms. The van der Waals surface area contributed by atoms with E-state index >= 15 is 0 Å². The van der Waals surface area contributed by atoms with Crippen LogP contribution in [-0.2, 0) is 9.47 Å². The smallest absolute Gasteiger partial charge is 0.0610 e. The highest BCUT2D eigenvalue weighted by molar-refractivity contribution is 4.98. The van der Waals surface area contributed by atoms with Crippen LogP contribution in [0.5, 0.6) is 0 Å². The SMILES string of the molecule is C=C(CC(CCC)OC)CC(CC(C)C)OC. The molecular formula is C15H30O2. The van der Waals surface area contributed by atoms with E-state index in [0.29, 0.717) is 18.1 Å². The first-order valence-corrected chi connectivity index (χ1v) is 6.75. The molecule has 0 aromatic carbocycles. The molecule has 17 heavy (non-hydrogen) atoms. The summed E-state index contributed by atoms with van der Waals surface area (Å²) in [5.74, 6) is 0.668. The molecule has 0 rings (SSSR count). The highest BCUT2D eigenvalue weighted by Crippen LogP contribution is 2.20. The van der Waals surface area contributed by atoms with Crippen LogP contribution >= 0.6 is 0 Å². The summed E-state index contributed by atoms with van der Waals surface area (Å²) < 4.78 is 11.0. The van der Waals surface area contributed by atoms with E-state index in [-0.39, 0.29) is 0 Å². The van der Waals surface area contributed by atoms with Crippen molar-refractivity contribution in [2.75, 3.05) is 14.2 Å². The zero-order valence-corrected chi connectivity index (χ0v) is 12.3. The molecule has 0 heterocycles. The average Bonchev–Trinajstić information content (AvgIpc) is 2.26. The predicted molar refractivity (Wildman–Crippen MR) is 74.3 cm³/mol. The Hall–Kier alpha value is -0.340. The van der Waals surface area contributed by atoms with Gasteiger partial charge >= 0.3 is 0 Å². The molecule has 0 N–H and O–H groups in total. The van der Waals surface area contributed by atoms with Gasteiger partial charge in [-0.3, -0.25) is 0 Å². The molecule has 0 spiro atoms. The maximum Gasteiger partial charge on any atom is 0.0610 e. The molecule has 102 valence electrons. The van der Waals surface area contributed by atoms with E-state index in [1.54, 1.807) is 14.2 Å². The van der Waals surface area contributed by atoms with Crippen LogP contribution in [0.1, 0.15) is 52.9 Å². The molecule has 2 unspecified atom stereocenters. The second kappa shape index (κ2) is 9.67. The largest absolute Gasteiger partial charge is 0.381 e. The molecule has 2 atom stereocenters. The Morgan fingerprint density at radius 3 is 2.00 bits per heavy atom. The molecular weight excluding hydrogens is 212 g/mol. The predicted octanol–water partition coefficient (Wildman–Crippen LogP) is 4.20. The summed E-state index contributed by atoms with van der Waals surface area (Å²) in [4.78, 5) is 0. The molecule has 0 aliphatic carbocycles. The maximum absolute atomic E-state index is 5.51. The number of hydrogen-bond acceptors (Lipinski definition) is 2. The minimum atomic E-state index is 0.307. The van der Waals surface area contributed by atoms with E-state index in [2.05, 4.69) is 27.4 Å². The summed E-state index contributed by atoms with van der Waals surface area (Å²) in [6.45, 7) is 10.8. The Bertz CT molecular complexity index is 199. The van der Waals surface area contributed by atoms with Crippen molar-refractivity contribution in [3.63, 3.8) is 0 Å². The molecule has 2 nitrogen and oxygen atoms in total. The second-order valence-corrected chi connectivity index (χ2v) is 5.29. The van der Waals surface area contributed by atoms with Gasteiger partial charge in [-0.1, -0.05) is 39.3 Å². The van der Waals surface area contributed by atoms with Crippen LogP contribution < -0.4 is 0 Å². The summed E-state index contributed by atoms with van der Waals surface area (Å²) in [7, 11) is 3.58. The lowest BCUT2D eigenvalue weighted by molar-refractivity contribution is 0.0743. The number of ether oxygens (including phenoxy) is 2. The van der Waals surface area contributed by atoms with Crippen molar-refractivity contribution in [3.05, 3.63) is 12.2 Å². The van der Waals surface area contributed by atoms with Crippen molar-refractivity contribution in [1.82, 2.24) is 0 Å². The van der Waals surface area contributed by atoms with Crippen molar-refractivity contribution < 1.29 is 9.47 Å². The van der Waals surface area contributed by atoms with Gasteiger partial charge in [0.05, 0.1) is 12.2 Å². The van der Waals surface area contributed by atoms with Gasteiger partial charge < -0.3 is 9.47 Å². The standard InChI is InChI=1S/C15H30O2/c1-7-8-14(16-5)10-13(4)11-15(17-6)9-12(2)3/h12,14-15H,4,7-11H2,1-3,5-6H3. The summed E-state index contributed by atoms with van der Waals surface area (Å²) in [5.41, 5.74) is 1.25. The van der Waals surface area contributed by atoms with E-state index in [1.165, 1.54) is 5.57 Å². The van der Waals surface area contributed by atoms with Gasteiger partial charge in [0.2, 0.25) is 0 Å². The van der Waals surface area contributed by atoms with Crippen LogP contribution in [0.25, 0.3) is 0 Å². The van der Waals surface area contributed by atoms with Crippen molar-refractivity contribution in [2.45, 2.75) is 65.1 Å². The van der Waals surface area contributed by atoms with Gasteiger partial charge in [0, 0.05) is 14.2 Å². The zero-order valence-electron chi connectivity index (χ0n) is 12.3. The third kappa shape index (κ3) is 8.39. The molecule has 0 aliphatic heterocycles. The third-order valence-corrected chi connectivity index (χ3v) is 3.04. The summed E-state index contributed by atoms with van der Waals surface area (Å²) in [6.07, 6.45) is 5.91. The summed E-state index contributed by atoms with van der Waals surface area (Å²) >= 11 is 0. The van der Waals surface area contributed by atoms with E-state index in [4.69, 9.17) is 9.47 Å². The van der Waals surface area contributed by atoms with Gasteiger partial charge in [-0.15, -0.1) is 0 Å². The minimum Gasteiger partial charge on any atom is -0.381 e. The topological polar surface area (TPSA) is 18.5 Å². The zero-order chi connectivity index (χ0) is 13.3. The van der Waals surface area contributed by atoms with Crippen molar-refractivity contribution >= 4 is 0 Å². The van der Waals surface area contributed by atoms with Gasteiger partial charge in [0.15, 0.2) is 0 Å². The molecule has 0 bridgehead atoms. The van der Waals surface area contributed by atoms with Crippen LogP contribution in [0, 0.1) is 5.92 Å². The second-order valence-electron chi connectivity index (χ2n) is 5.29. The van der Waals surface area contributed by atoms with Crippen LogP contribution in [-0.4, -0.2) is 26.4 Å². The van der Waals surface area contributed by atoms with Crippen LogP contribution in [0.4, 0.5) is 0 Å². The quantitative estimate of drug-likeness (QED) is 0.535. The first-order chi connectivity index (χ1) is 8.03. The number of hydrogen-bond donors (Lipinski definition) is 0. The fraction of sp³-hybridized carbons (Fsp3) is 0.867. The molecule has 0 radical (unpaired) electrons. The molecule has 0 aliphatic rings. The molecule has 0 aromatic rings. The van der Waals surface area contributed by atoms with Crippen molar-refractivity contribution in [3.8, 4) is 0 Å². The number of methoxy groups -OCH3 is 2. The monoisotopic (exact) mass is 242 g/mol. The molecule has 0 fully saturated rings. The van der Waals surface area contributed by atoms with Crippen molar-refractivity contribution in [1.29, 1.82) is 0 Å². The Morgan fingerprint density at radius 1 is 1.06 bits per heavy atom. The Labute approximate surface area is 107 Å². The lowest BCUT2D eigenvalue weighted by Gasteiger charge is -2.21. The fourth-order valence-electron chi connectivity index (χ4n) is 2.14. The molecule has 0 aromatic heterocycles. The Balaban J connectivity index is 4.04. The van der Waals surface area contributed by atoms with Crippen molar-refractivity contribution in [2.24, 2.45) is 5.92 Å². The van der Waals surface area contributed by atoms with E-state index in [9.17, 15) is 0 Å². The van der Waals surface area contributed by atoms with E-state index in [1.807, 2.05) is 0 Å². The summed E-state index contributed by atoms with van der Waals surface area (Å²) in [5, 5.41) is 0. The van der Waals surface area contributed by atoms with Gasteiger partial charge in [0.25, 0.3) is 0 Å². The molecule has 0 amide bonds.